The molecule has 0 N–H and O–H groups in total. The van der Waals surface area contributed by atoms with Crippen LogP contribution < -0.4 is 0 Å². The Balaban J connectivity index is 4.10. The van der Waals surface area contributed by atoms with Crippen LogP contribution in [0, 0.1) is 0 Å². The number of hydrogen-bond donors (Lipinski definition) is 0. The predicted octanol–water partition coefficient (Wildman–Crippen LogP) is 24.1. The molecule has 0 aliphatic carbocycles. The van der Waals surface area contributed by atoms with E-state index in [0.717, 1.165) is 77.0 Å². The van der Waals surface area contributed by atoms with Crippen molar-refractivity contribution < 1.29 is 28.6 Å². The molecule has 0 radical (unpaired) electrons. The Kier molecular flexibility index (Phi) is 65.6. The third kappa shape index (κ3) is 66.1. The van der Waals surface area contributed by atoms with Gasteiger partial charge in [-0.05, 0) is 103 Å². The summed E-state index contributed by atoms with van der Waals surface area (Å²) in [6, 6.07) is 0. The van der Waals surface area contributed by atoms with Crippen molar-refractivity contribution in [3.8, 4) is 0 Å². The summed E-state index contributed by atoms with van der Waals surface area (Å²) in [5, 5.41) is 0. The molecule has 0 rings (SSSR count). The molecule has 6 nitrogen and oxygen atoms in total. The van der Waals surface area contributed by atoms with Gasteiger partial charge in [0.05, 0.1) is 0 Å². The van der Waals surface area contributed by atoms with E-state index in [0.29, 0.717) is 19.3 Å². The van der Waals surface area contributed by atoms with Gasteiger partial charge in [-0.3, -0.25) is 14.4 Å². The fourth-order valence-electron chi connectivity index (χ4n) is 10.5. The number of carbonyl (C=O) groups excluding carboxylic acids is 3. The second-order valence-electron chi connectivity index (χ2n) is 23.8. The first-order chi connectivity index (χ1) is 39.0. The number of rotatable bonds is 65. The molecular formula is C73H134O6. The summed E-state index contributed by atoms with van der Waals surface area (Å²) in [4.78, 5) is 38.3. The summed E-state index contributed by atoms with van der Waals surface area (Å²) in [6.07, 6.45) is 85.8. The molecular weight excluding hydrogens is 973 g/mol. The van der Waals surface area contributed by atoms with Crippen molar-refractivity contribution in [1.29, 1.82) is 0 Å². The van der Waals surface area contributed by atoms with E-state index in [1.54, 1.807) is 0 Å². The predicted molar refractivity (Wildman–Crippen MR) is 344 cm³/mol. The zero-order valence-electron chi connectivity index (χ0n) is 53.2. The third-order valence-electron chi connectivity index (χ3n) is 15.8. The quantitative estimate of drug-likeness (QED) is 0.0261. The summed E-state index contributed by atoms with van der Waals surface area (Å²) in [5.74, 6) is -0.870. The van der Waals surface area contributed by atoms with E-state index in [9.17, 15) is 14.4 Å². The fraction of sp³-hybridized carbons (Fsp3) is 0.849. The molecule has 79 heavy (non-hydrogen) atoms. The van der Waals surface area contributed by atoms with Crippen LogP contribution in [0.25, 0.3) is 0 Å². The van der Waals surface area contributed by atoms with Gasteiger partial charge in [0.1, 0.15) is 13.2 Å². The van der Waals surface area contributed by atoms with Crippen LogP contribution in [0.3, 0.4) is 0 Å². The SMILES string of the molecule is CCCCCCC/C=C\C/C=C\CCCCCCCCCCCCCCCCCCCCCCCC(=O)OCC(COC(=O)CCCCCCC/C=C\CCCCCCC)OC(=O)CCCCCCC/C=C\CCCCCCC. The van der Waals surface area contributed by atoms with Crippen LogP contribution in [0.15, 0.2) is 48.6 Å². The topological polar surface area (TPSA) is 78.9 Å². The molecule has 6 heteroatoms. The van der Waals surface area contributed by atoms with Gasteiger partial charge in [-0.2, -0.15) is 0 Å². The highest BCUT2D eigenvalue weighted by Gasteiger charge is 2.19. The summed E-state index contributed by atoms with van der Waals surface area (Å²) >= 11 is 0. The average Bonchev–Trinajstić information content (AvgIpc) is 3.45. The zero-order chi connectivity index (χ0) is 57.1. The molecule has 0 spiro atoms. The van der Waals surface area contributed by atoms with Crippen molar-refractivity contribution in [3.63, 3.8) is 0 Å². The maximum atomic E-state index is 12.9. The van der Waals surface area contributed by atoms with Crippen LogP contribution in [0.1, 0.15) is 380 Å². The van der Waals surface area contributed by atoms with Crippen LogP contribution >= 0.6 is 0 Å². The van der Waals surface area contributed by atoms with Crippen LogP contribution in [0.5, 0.6) is 0 Å². The van der Waals surface area contributed by atoms with Crippen LogP contribution in [-0.2, 0) is 28.6 Å². The van der Waals surface area contributed by atoms with Crippen molar-refractivity contribution in [3.05, 3.63) is 48.6 Å². The summed E-state index contributed by atoms with van der Waals surface area (Å²) in [5.41, 5.74) is 0. The lowest BCUT2D eigenvalue weighted by atomic mass is 10.0. The smallest absolute Gasteiger partial charge is 0.306 e. The van der Waals surface area contributed by atoms with Crippen molar-refractivity contribution >= 4 is 17.9 Å². The molecule has 1 unspecified atom stereocenters. The lowest BCUT2D eigenvalue weighted by Gasteiger charge is -2.18. The number of hydrogen-bond acceptors (Lipinski definition) is 6. The molecule has 0 amide bonds. The molecule has 0 saturated heterocycles. The maximum absolute atomic E-state index is 12.9. The number of allylic oxidation sites excluding steroid dienone is 8. The molecule has 1 atom stereocenters. The Bertz CT molecular complexity index is 1360. The van der Waals surface area contributed by atoms with Crippen molar-refractivity contribution in [2.75, 3.05) is 13.2 Å². The molecule has 0 aliphatic rings. The Morgan fingerprint density at radius 1 is 0.253 bits per heavy atom. The standard InChI is InChI=1S/C73H134O6/c1-4-7-10-13-16-19-22-25-28-29-30-31-32-33-34-35-36-37-38-39-40-41-42-43-44-45-46-49-51-54-57-60-63-66-72(75)78-69-70(79-73(76)67-64-61-58-55-52-48-27-24-21-18-15-12-9-6-3)68-77-71(74)65-62-59-56-53-50-47-26-23-20-17-14-11-8-5-2/h22-27,29-30,70H,4-21,28,31-69H2,1-3H3/b25-22-,26-23-,27-24-,30-29-. The van der Waals surface area contributed by atoms with E-state index in [-0.39, 0.29) is 31.1 Å². The van der Waals surface area contributed by atoms with Crippen molar-refractivity contribution in [2.24, 2.45) is 0 Å². The molecule has 462 valence electrons. The molecule has 0 aromatic carbocycles. The monoisotopic (exact) mass is 1110 g/mol. The van der Waals surface area contributed by atoms with Gasteiger partial charge in [-0.15, -0.1) is 0 Å². The number of ether oxygens (including phenoxy) is 3. The Hall–Kier alpha value is -2.63. The van der Waals surface area contributed by atoms with E-state index in [1.807, 2.05) is 0 Å². The molecule has 0 saturated carbocycles. The minimum Gasteiger partial charge on any atom is -0.462 e. The molecule has 0 bridgehead atoms. The lowest BCUT2D eigenvalue weighted by molar-refractivity contribution is -0.167. The van der Waals surface area contributed by atoms with E-state index >= 15 is 0 Å². The minimum atomic E-state index is -0.779. The highest BCUT2D eigenvalue weighted by molar-refractivity contribution is 5.71. The van der Waals surface area contributed by atoms with E-state index in [1.165, 1.54) is 263 Å². The summed E-state index contributed by atoms with van der Waals surface area (Å²) in [7, 11) is 0. The summed E-state index contributed by atoms with van der Waals surface area (Å²) < 4.78 is 16.9. The van der Waals surface area contributed by atoms with E-state index in [4.69, 9.17) is 14.2 Å². The van der Waals surface area contributed by atoms with Crippen molar-refractivity contribution in [1.82, 2.24) is 0 Å². The molecule has 0 aromatic rings. The number of unbranched alkanes of at least 4 members (excludes halogenated alkanes) is 46. The first-order valence-electron chi connectivity index (χ1n) is 35.1. The highest BCUT2D eigenvalue weighted by atomic mass is 16.6. The zero-order valence-corrected chi connectivity index (χ0v) is 53.2. The van der Waals surface area contributed by atoms with Crippen LogP contribution in [-0.4, -0.2) is 37.2 Å². The average molecular weight is 1110 g/mol. The Morgan fingerprint density at radius 2 is 0.456 bits per heavy atom. The first kappa shape index (κ1) is 76.4. The lowest BCUT2D eigenvalue weighted by Crippen LogP contribution is -2.30. The van der Waals surface area contributed by atoms with Gasteiger partial charge in [0, 0.05) is 19.3 Å². The molecule has 0 heterocycles. The van der Waals surface area contributed by atoms with Crippen LogP contribution in [0.2, 0.25) is 0 Å². The first-order valence-corrected chi connectivity index (χ1v) is 35.1. The van der Waals surface area contributed by atoms with Crippen molar-refractivity contribution in [2.45, 2.75) is 386 Å². The van der Waals surface area contributed by atoms with Gasteiger partial charge in [-0.25, -0.2) is 0 Å². The number of esters is 3. The Morgan fingerprint density at radius 3 is 0.709 bits per heavy atom. The van der Waals surface area contributed by atoms with Gasteiger partial charge in [0.2, 0.25) is 0 Å². The van der Waals surface area contributed by atoms with Gasteiger partial charge in [-0.1, -0.05) is 307 Å². The second kappa shape index (κ2) is 67.9. The molecule has 0 aliphatic heterocycles. The third-order valence-corrected chi connectivity index (χ3v) is 15.8. The molecule has 0 aromatic heterocycles. The maximum Gasteiger partial charge on any atom is 0.306 e. The van der Waals surface area contributed by atoms with E-state index < -0.39 is 6.10 Å². The number of carbonyl (C=O) groups is 3. The summed E-state index contributed by atoms with van der Waals surface area (Å²) in [6.45, 7) is 6.65. The van der Waals surface area contributed by atoms with Gasteiger partial charge in [0.15, 0.2) is 6.10 Å². The fourth-order valence-corrected chi connectivity index (χ4v) is 10.5. The normalized spacial score (nSPS) is 12.3. The van der Waals surface area contributed by atoms with Gasteiger partial charge in [0.25, 0.3) is 0 Å². The Labute approximate surface area is 492 Å². The highest BCUT2D eigenvalue weighted by Crippen LogP contribution is 2.18. The van der Waals surface area contributed by atoms with Crippen LogP contribution in [0.4, 0.5) is 0 Å². The van der Waals surface area contributed by atoms with Gasteiger partial charge >= 0.3 is 17.9 Å². The van der Waals surface area contributed by atoms with E-state index in [2.05, 4.69) is 69.4 Å². The van der Waals surface area contributed by atoms with Gasteiger partial charge < -0.3 is 14.2 Å². The molecule has 0 fully saturated rings. The largest absolute Gasteiger partial charge is 0.462 e. The minimum absolute atomic E-state index is 0.0748. The second-order valence-corrected chi connectivity index (χ2v) is 23.8.